The molecule has 0 aliphatic carbocycles. The van der Waals surface area contributed by atoms with Crippen molar-refractivity contribution in [2.24, 2.45) is 5.92 Å². The van der Waals surface area contributed by atoms with E-state index in [-0.39, 0.29) is 5.92 Å². The summed E-state index contributed by atoms with van der Waals surface area (Å²) in [5.74, 6) is -0.961. The van der Waals surface area contributed by atoms with Crippen molar-refractivity contribution < 1.29 is 9.90 Å². The highest BCUT2D eigenvalue weighted by molar-refractivity contribution is 7.15. The van der Waals surface area contributed by atoms with Crippen LogP contribution in [0, 0.1) is 5.92 Å². The maximum atomic E-state index is 11.1. The smallest absolute Gasteiger partial charge is 0.307 e. The third-order valence-corrected chi connectivity index (χ3v) is 4.53. The number of nitrogens with zero attached hydrogens (tertiary/aromatic N) is 3. The molecular formula is C15H18N4O2S. The first-order valence-corrected chi connectivity index (χ1v) is 8.12. The minimum atomic E-state index is -0.701. The van der Waals surface area contributed by atoms with Crippen molar-refractivity contribution in [1.29, 1.82) is 0 Å². The van der Waals surface area contributed by atoms with Crippen LogP contribution in [0.2, 0.25) is 0 Å². The number of carbonyl (C=O) groups is 1. The first-order valence-electron chi connectivity index (χ1n) is 7.30. The Morgan fingerprint density at radius 2 is 2.18 bits per heavy atom. The first-order chi connectivity index (χ1) is 10.7. The Bertz CT molecular complexity index is 631. The van der Waals surface area contributed by atoms with Crippen molar-refractivity contribution >= 4 is 28.1 Å². The molecule has 2 heterocycles. The van der Waals surface area contributed by atoms with Crippen LogP contribution < -0.4 is 5.32 Å². The predicted molar refractivity (Wildman–Crippen MR) is 85.3 cm³/mol. The molecule has 1 aromatic carbocycles. The van der Waals surface area contributed by atoms with Crippen LogP contribution in [0.5, 0.6) is 0 Å². The summed E-state index contributed by atoms with van der Waals surface area (Å²) in [5.41, 5.74) is 0.981. The maximum absolute atomic E-state index is 11.1. The number of benzene rings is 1. The van der Waals surface area contributed by atoms with E-state index in [1.807, 2.05) is 30.3 Å². The van der Waals surface area contributed by atoms with Gasteiger partial charge in [0.25, 0.3) is 0 Å². The summed E-state index contributed by atoms with van der Waals surface area (Å²) in [6, 6.07) is 9.84. The molecule has 1 saturated heterocycles. The summed E-state index contributed by atoms with van der Waals surface area (Å²) in [6.07, 6.45) is 1.69. The number of carboxylic acid groups (broad SMARTS) is 1. The molecule has 7 heteroatoms. The lowest BCUT2D eigenvalue weighted by atomic mass is 9.98. The zero-order valence-electron chi connectivity index (χ0n) is 12.1. The van der Waals surface area contributed by atoms with E-state index in [9.17, 15) is 4.79 Å². The van der Waals surface area contributed by atoms with Gasteiger partial charge in [-0.3, -0.25) is 9.69 Å². The highest BCUT2D eigenvalue weighted by Gasteiger charge is 2.25. The fourth-order valence-electron chi connectivity index (χ4n) is 2.60. The molecule has 0 bridgehead atoms. The van der Waals surface area contributed by atoms with Crippen LogP contribution >= 0.6 is 11.3 Å². The fourth-order valence-corrected chi connectivity index (χ4v) is 3.41. The average molecular weight is 318 g/mol. The number of nitrogens with one attached hydrogen (secondary N) is 1. The van der Waals surface area contributed by atoms with Crippen LogP contribution in [0.3, 0.4) is 0 Å². The second-order valence-electron chi connectivity index (χ2n) is 5.40. The van der Waals surface area contributed by atoms with E-state index in [0.29, 0.717) is 13.1 Å². The monoisotopic (exact) mass is 318 g/mol. The van der Waals surface area contributed by atoms with Gasteiger partial charge in [-0.25, -0.2) is 0 Å². The number of hydrogen-bond donors (Lipinski definition) is 2. The number of likely N-dealkylation sites (tertiary alicyclic amines) is 1. The van der Waals surface area contributed by atoms with Crippen LogP contribution in [0.4, 0.5) is 10.8 Å². The zero-order valence-corrected chi connectivity index (χ0v) is 12.9. The van der Waals surface area contributed by atoms with Gasteiger partial charge in [0.2, 0.25) is 5.13 Å². The summed E-state index contributed by atoms with van der Waals surface area (Å²) in [7, 11) is 0. The molecule has 22 heavy (non-hydrogen) atoms. The minimum absolute atomic E-state index is 0.261. The van der Waals surface area contributed by atoms with Gasteiger partial charge >= 0.3 is 5.97 Å². The van der Waals surface area contributed by atoms with E-state index in [1.165, 1.54) is 11.3 Å². The van der Waals surface area contributed by atoms with E-state index in [2.05, 4.69) is 20.4 Å². The number of piperidine rings is 1. The second kappa shape index (κ2) is 6.85. The number of anilines is 2. The molecule has 1 fully saturated rings. The molecule has 1 aliphatic heterocycles. The molecule has 1 atom stereocenters. The summed E-state index contributed by atoms with van der Waals surface area (Å²) in [6.45, 7) is 2.18. The Morgan fingerprint density at radius 3 is 2.95 bits per heavy atom. The van der Waals surface area contributed by atoms with Gasteiger partial charge in [-0.15, -0.1) is 10.2 Å². The molecule has 1 aliphatic rings. The van der Waals surface area contributed by atoms with Crippen molar-refractivity contribution in [3.05, 3.63) is 35.3 Å². The van der Waals surface area contributed by atoms with Crippen molar-refractivity contribution in [2.75, 3.05) is 18.4 Å². The Kier molecular flexibility index (Phi) is 4.65. The van der Waals surface area contributed by atoms with Gasteiger partial charge in [-0.05, 0) is 31.5 Å². The Balaban J connectivity index is 1.58. The highest BCUT2D eigenvalue weighted by Crippen LogP contribution is 2.23. The molecule has 116 valence electrons. The number of aliphatic carboxylic acids is 1. The van der Waals surface area contributed by atoms with Crippen LogP contribution in [0.1, 0.15) is 17.8 Å². The molecule has 0 saturated carbocycles. The second-order valence-corrected chi connectivity index (χ2v) is 6.47. The van der Waals surface area contributed by atoms with Gasteiger partial charge in [0.1, 0.15) is 5.01 Å². The molecular weight excluding hydrogens is 300 g/mol. The predicted octanol–water partition coefficient (Wildman–Crippen LogP) is 2.58. The lowest BCUT2D eigenvalue weighted by Crippen LogP contribution is -2.38. The van der Waals surface area contributed by atoms with Crippen molar-refractivity contribution in [3.63, 3.8) is 0 Å². The molecule has 1 unspecified atom stereocenters. The lowest BCUT2D eigenvalue weighted by molar-refractivity contribution is -0.143. The summed E-state index contributed by atoms with van der Waals surface area (Å²) < 4.78 is 0. The van der Waals surface area contributed by atoms with Crippen LogP contribution in [-0.4, -0.2) is 39.3 Å². The van der Waals surface area contributed by atoms with E-state index < -0.39 is 5.97 Å². The Labute approximate surface area is 132 Å². The van der Waals surface area contributed by atoms with E-state index >= 15 is 0 Å². The average Bonchev–Trinajstić information content (AvgIpc) is 2.95. The van der Waals surface area contributed by atoms with E-state index in [1.54, 1.807) is 0 Å². The van der Waals surface area contributed by atoms with Crippen molar-refractivity contribution in [1.82, 2.24) is 15.1 Å². The Hall–Kier alpha value is -1.99. The highest BCUT2D eigenvalue weighted by atomic mass is 32.1. The molecule has 0 spiro atoms. The van der Waals surface area contributed by atoms with Crippen molar-refractivity contribution in [3.8, 4) is 0 Å². The van der Waals surface area contributed by atoms with Gasteiger partial charge in [-0.1, -0.05) is 29.5 Å². The quantitative estimate of drug-likeness (QED) is 0.882. The minimum Gasteiger partial charge on any atom is -0.481 e. The van der Waals surface area contributed by atoms with Crippen LogP contribution in [-0.2, 0) is 11.3 Å². The van der Waals surface area contributed by atoms with Gasteiger partial charge < -0.3 is 10.4 Å². The van der Waals surface area contributed by atoms with Gasteiger partial charge in [-0.2, -0.15) is 0 Å². The molecule has 2 N–H and O–H groups in total. The third-order valence-electron chi connectivity index (χ3n) is 3.71. The largest absolute Gasteiger partial charge is 0.481 e. The summed E-state index contributed by atoms with van der Waals surface area (Å²) >= 11 is 1.51. The van der Waals surface area contributed by atoms with E-state index in [0.717, 1.165) is 35.2 Å². The van der Waals surface area contributed by atoms with Gasteiger partial charge in [0, 0.05) is 12.2 Å². The SMILES string of the molecule is O=C(O)C1CCCN(Cc2nnc(Nc3ccccc3)s2)C1. The number of rotatable bonds is 5. The third kappa shape index (κ3) is 3.80. The summed E-state index contributed by atoms with van der Waals surface area (Å²) in [4.78, 5) is 13.2. The van der Waals surface area contributed by atoms with Gasteiger partial charge in [0.05, 0.1) is 12.5 Å². The summed E-state index contributed by atoms with van der Waals surface area (Å²) in [5, 5.41) is 22.4. The van der Waals surface area contributed by atoms with Crippen LogP contribution in [0.15, 0.2) is 30.3 Å². The zero-order chi connectivity index (χ0) is 15.4. The number of hydrogen-bond acceptors (Lipinski definition) is 6. The number of carboxylic acids is 1. The van der Waals surface area contributed by atoms with Crippen LogP contribution in [0.25, 0.3) is 0 Å². The molecule has 3 rings (SSSR count). The Morgan fingerprint density at radius 1 is 1.36 bits per heavy atom. The van der Waals surface area contributed by atoms with Gasteiger partial charge in [0.15, 0.2) is 0 Å². The molecule has 1 aromatic heterocycles. The molecule has 6 nitrogen and oxygen atoms in total. The lowest BCUT2D eigenvalue weighted by Gasteiger charge is -2.29. The molecule has 2 aromatic rings. The topological polar surface area (TPSA) is 78.3 Å². The number of aromatic nitrogens is 2. The fraction of sp³-hybridized carbons (Fsp3) is 0.400. The molecule has 0 radical (unpaired) electrons. The van der Waals surface area contributed by atoms with E-state index in [4.69, 9.17) is 5.11 Å². The molecule has 0 amide bonds. The van der Waals surface area contributed by atoms with Crippen molar-refractivity contribution in [2.45, 2.75) is 19.4 Å². The first kappa shape index (κ1) is 14.9. The number of para-hydroxylation sites is 1. The maximum Gasteiger partial charge on any atom is 0.307 e. The standard InChI is InChI=1S/C15H18N4O2S/c20-14(21)11-5-4-8-19(9-11)10-13-17-18-15(22-13)16-12-6-2-1-3-7-12/h1-3,6-7,11H,4-5,8-10H2,(H,16,18)(H,20,21). The normalized spacial score (nSPS) is 19.0.